The summed E-state index contributed by atoms with van der Waals surface area (Å²) in [4.78, 5) is 10.9. The van der Waals surface area contributed by atoms with Crippen molar-refractivity contribution in [3.8, 4) is 5.75 Å². The molecule has 2 heterocycles. The summed E-state index contributed by atoms with van der Waals surface area (Å²) in [6.07, 6.45) is 1.69. The fourth-order valence-corrected chi connectivity index (χ4v) is 3.61. The number of halogens is 3. The van der Waals surface area contributed by atoms with Gasteiger partial charge in [-0.05, 0) is 31.0 Å². The number of nitrogens with zero attached hydrogens (tertiary/aromatic N) is 3. The van der Waals surface area contributed by atoms with E-state index >= 15 is 0 Å². The standard InChI is InChI=1S/C18H23Cl2N5O2.ClH/c1-10(12-4-3-11(19)7-13(12)20)23-17-16(27-2)8-22-18(24-17)25-6-5-14(21)15(26)9-25;/h3-4,7-8,10,14-15,26H,5-6,9,21H2,1-2H3,(H,22,23,24);1H/t10?,14-,15-;/m0./s1. The van der Waals surface area contributed by atoms with Gasteiger partial charge >= 0.3 is 0 Å². The van der Waals surface area contributed by atoms with Crippen LogP contribution in [0, 0.1) is 0 Å². The predicted octanol–water partition coefficient (Wildman–Crippen LogP) is 3.29. The number of hydrogen-bond donors (Lipinski definition) is 3. The lowest BCUT2D eigenvalue weighted by atomic mass is 10.0. The highest BCUT2D eigenvalue weighted by atomic mass is 35.5. The molecule has 1 aromatic heterocycles. The topological polar surface area (TPSA) is 96.5 Å². The van der Waals surface area contributed by atoms with Crippen molar-refractivity contribution in [2.75, 3.05) is 30.4 Å². The second-order valence-corrected chi connectivity index (χ2v) is 7.43. The molecule has 3 atom stereocenters. The number of hydrogen-bond acceptors (Lipinski definition) is 7. The lowest BCUT2D eigenvalue weighted by Gasteiger charge is -2.34. The Hall–Kier alpha value is -1.51. The van der Waals surface area contributed by atoms with Crippen LogP contribution in [-0.4, -0.2) is 47.4 Å². The molecule has 28 heavy (non-hydrogen) atoms. The number of aliphatic hydroxyl groups excluding tert-OH is 1. The van der Waals surface area contributed by atoms with Crippen LogP contribution >= 0.6 is 35.6 Å². The monoisotopic (exact) mass is 447 g/mol. The third-order valence-corrected chi connectivity index (χ3v) is 5.22. The number of β-amino-alcohol motifs (C(OH)–C–C–N with tert-alkyl or cyclic N) is 1. The van der Waals surface area contributed by atoms with Crippen LogP contribution in [0.3, 0.4) is 0 Å². The number of benzene rings is 1. The first-order chi connectivity index (χ1) is 12.9. The fraction of sp³-hybridized carbons (Fsp3) is 0.444. The van der Waals surface area contributed by atoms with E-state index in [1.165, 1.54) is 0 Å². The molecule has 0 aliphatic carbocycles. The van der Waals surface area contributed by atoms with E-state index in [1.807, 2.05) is 17.9 Å². The molecular formula is C18H24Cl3N5O2. The van der Waals surface area contributed by atoms with Crippen molar-refractivity contribution in [1.82, 2.24) is 9.97 Å². The second-order valence-electron chi connectivity index (χ2n) is 6.58. The smallest absolute Gasteiger partial charge is 0.227 e. The van der Waals surface area contributed by atoms with Crippen molar-refractivity contribution in [1.29, 1.82) is 0 Å². The van der Waals surface area contributed by atoms with Gasteiger partial charge in [-0.2, -0.15) is 4.98 Å². The van der Waals surface area contributed by atoms with Gasteiger partial charge in [0.05, 0.1) is 25.5 Å². The molecule has 4 N–H and O–H groups in total. The molecule has 0 amide bonds. The van der Waals surface area contributed by atoms with Crippen molar-refractivity contribution >= 4 is 47.4 Å². The van der Waals surface area contributed by atoms with Gasteiger partial charge in [-0.15, -0.1) is 12.4 Å². The lowest BCUT2D eigenvalue weighted by molar-refractivity contribution is 0.131. The zero-order valence-corrected chi connectivity index (χ0v) is 17.9. The van der Waals surface area contributed by atoms with Crippen LogP contribution in [0.25, 0.3) is 0 Å². The molecule has 0 radical (unpaired) electrons. The molecule has 0 saturated carbocycles. The Labute approximate surface area is 180 Å². The van der Waals surface area contributed by atoms with Gasteiger partial charge in [0.1, 0.15) is 0 Å². The number of aromatic nitrogens is 2. The van der Waals surface area contributed by atoms with Crippen molar-refractivity contribution in [2.45, 2.75) is 31.5 Å². The molecule has 1 fully saturated rings. The maximum atomic E-state index is 10.0. The number of anilines is 2. The summed E-state index contributed by atoms with van der Waals surface area (Å²) < 4.78 is 5.38. The van der Waals surface area contributed by atoms with E-state index in [1.54, 1.807) is 25.4 Å². The number of piperidine rings is 1. The average molecular weight is 449 g/mol. The normalized spacial score (nSPS) is 20.3. The number of nitrogens with one attached hydrogen (secondary N) is 1. The minimum absolute atomic E-state index is 0. The highest BCUT2D eigenvalue weighted by Crippen LogP contribution is 2.31. The fourth-order valence-electron chi connectivity index (χ4n) is 3.03. The summed E-state index contributed by atoms with van der Waals surface area (Å²) in [7, 11) is 1.56. The summed E-state index contributed by atoms with van der Waals surface area (Å²) in [5.74, 6) is 1.58. The molecule has 0 bridgehead atoms. The largest absolute Gasteiger partial charge is 0.491 e. The first-order valence-corrected chi connectivity index (χ1v) is 9.45. The van der Waals surface area contributed by atoms with Crippen molar-refractivity contribution in [2.24, 2.45) is 5.73 Å². The molecule has 3 rings (SSSR count). The summed E-state index contributed by atoms with van der Waals surface area (Å²) >= 11 is 12.3. The minimum atomic E-state index is -0.604. The number of methoxy groups -OCH3 is 1. The van der Waals surface area contributed by atoms with Crippen molar-refractivity contribution in [3.63, 3.8) is 0 Å². The quantitative estimate of drug-likeness (QED) is 0.646. The van der Waals surface area contributed by atoms with Crippen molar-refractivity contribution < 1.29 is 9.84 Å². The maximum absolute atomic E-state index is 10.0. The summed E-state index contributed by atoms with van der Waals surface area (Å²) in [6.45, 7) is 3.05. The molecule has 0 spiro atoms. The molecule has 10 heteroatoms. The van der Waals surface area contributed by atoms with Gasteiger partial charge in [-0.25, -0.2) is 4.98 Å². The highest BCUT2D eigenvalue weighted by molar-refractivity contribution is 6.35. The van der Waals surface area contributed by atoms with Crippen molar-refractivity contribution in [3.05, 3.63) is 40.0 Å². The van der Waals surface area contributed by atoms with E-state index < -0.39 is 6.10 Å². The van der Waals surface area contributed by atoms with Crippen LogP contribution in [0.15, 0.2) is 24.4 Å². The van der Waals surface area contributed by atoms with E-state index in [4.69, 9.17) is 33.7 Å². The Kier molecular flexibility index (Phi) is 7.97. The predicted molar refractivity (Wildman–Crippen MR) is 115 cm³/mol. The third kappa shape index (κ3) is 5.10. The molecule has 1 unspecified atom stereocenters. The third-order valence-electron chi connectivity index (χ3n) is 4.66. The molecule has 1 saturated heterocycles. The zero-order valence-electron chi connectivity index (χ0n) is 15.6. The van der Waals surface area contributed by atoms with Gasteiger partial charge < -0.3 is 25.8 Å². The van der Waals surface area contributed by atoms with Gasteiger partial charge in [-0.3, -0.25) is 0 Å². The molecule has 1 aliphatic heterocycles. The summed E-state index contributed by atoms with van der Waals surface area (Å²) in [5.41, 5.74) is 6.77. The van der Waals surface area contributed by atoms with Gasteiger partial charge in [0, 0.05) is 29.2 Å². The average Bonchev–Trinajstić information content (AvgIpc) is 2.63. The lowest BCUT2D eigenvalue weighted by Crippen LogP contribution is -2.51. The van der Waals surface area contributed by atoms with Gasteiger partial charge in [-0.1, -0.05) is 29.3 Å². The van der Waals surface area contributed by atoms with E-state index in [0.717, 1.165) is 5.56 Å². The number of rotatable bonds is 5. The molecule has 1 aliphatic rings. The van der Waals surface area contributed by atoms with Gasteiger partial charge in [0.15, 0.2) is 11.6 Å². The van der Waals surface area contributed by atoms with Crippen LogP contribution < -0.4 is 20.7 Å². The SMILES string of the molecule is COc1cnc(N2CC[C@H](N)[C@@H](O)C2)nc1NC(C)c1ccc(Cl)cc1Cl.Cl. The first kappa shape index (κ1) is 22.8. The molecule has 2 aromatic rings. The van der Waals surface area contributed by atoms with Crippen LogP contribution in [0.2, 0.25) is 10.0 Å². The number of nitrogens with two attached hydrogens (primary N) is 1. The van der Waals surface area contributed by atoms with E-state index in [-0.39, 0.29) is 24.5 Å². The van der Waals surface area contributed by atoms with E-state index in [2.05, 4.69) is 15.3 Å². The maximum Gasteiger partial charge on any atom is 0.227 e. The molecule has 7 nitrogen and oxygen atoms in total. The number of aliphatic hydroxyl groups is 1. The van der Waals surface area contributed by atoms with Crippen LogP contribution in [0.5, 0.6) is 5.75 Å². The first-order valence-electron chi connectivity index (χ1n) is 8.70. The number of ether oxygens (including phenoxy) is 1. The Morgan fingerprint density at radius 2 is 2.14 bits per heavy atom. The Morgan fingerprint density at radius 3 is 2.79 bits per heavy atom. The summed E-state index contributed by atoms with van der Waals surface area (Å²) in [6, 6.07) is 5.02. The minimum Gasteiger partial charge on any atom is -0.491 e. The Balaban J connectivity index is 0.00000280. The van der Waals surface area contributed by atoms with Crippen LogP contribution in [0.4, 0.5) is 11.8 Å². The Morgan fingerprint density at radius 1 is 1.39 bits per heavy atom. The van der Waals surface area contributed by atoms with E-state index in [9.17, 15) is 5.11 Å². The summed E-state index contributed by atoms with van der Waals surface area (Å²) in [5, 5.41) is 14.5. The molecule has 1 aromatic carbocycles. The molecular weight excluding hydrogens is 425 g/mol. The van der Waals surface area contributed by atoms with E-state index in [0.29, 0.717) is 47.1 Å². The highest BCUT2D eigenvalue weighted by Gasteiger charge is 2.27. The van der Waals surface area contributed by atoms with Gasteiger partial charge in [0.2, 0.25) is 5.95 Å². The van der Waals surface area contributed by atoms with Gasteiger partial charge in [0.25, 0.3) is 0 Å². The molecule has 154 valence electrons. The van der Waals surface area contributed by atoms with Crippen LogP contribution in [-0.2, 0) is 0 Å². The zero-order chi connectivity index (χ0) is 19.6. The van der Waals surface area contributed by atoms with Crippen LogP contribution in [0.1, 0.15) is 24.9 Å². The second kappa shape index (κ2) is 9.80. The Bertz CT molecular complexity index is 811.